The van der Waals surface area contributed by atoms with Gasteiger partial charge in [0.05, 0.1) is 24.7 Å². The van der Waals surface area contributed by atoms with E-state index in [2.05, 4.69) is 0 Å². The molecular formula is C19H27NO13. The molecule has 14 heteroatoms. The number of aliphatic hydroxyl groups is 7. The smallest absolute Gasteiger partial charge is 0.269 e. The van der Waals surface area contributed by atoms with Crippen molar-refractivity contribution >= 4 is 5.69 Å². The number of non-ortho nitro benzene ring substituents is 1. The second kappa shape index (κ2) is 11.1. The third-order valence-corrected chi connectivity index (χ3v) is 5.50. The highest BCUT2D eigenvalue weighted by molar-refractivity contribution is 5.32. The third-order valence-electron chi connectivity index (χ3n) is 5.50. The maximum atomic E-state index is 10.7. The van der Waals surface area contributed by atoms with Crippen LogP contribution in [0.15, 0.2) is 24.3 Å². The average Bonchev–Trinajstić information content (AvgIpc) is 2.81. The standard InChI is InChI=1S/C19H27NO13/c21-5-10-12(22)14(24)16(26)19(32-10)31-7-11-13(23)15(25)17(27)18(33-11)30-6-8-1-3-9(4-2-8)20(28)29/h1-4,10-19,21-27H,5-7H2/t10-,11-,12-,13-,14+,15+,16-,17-,18-,19-/m1/s1. The number of nitrogens with zero attached hydrogens (tertiary/aromatic N) is 1. The Morgan fingerprint density at radius 1 is 0.788 bits per heavy atom. The maximum absolute atomic E-state index is 10.7. The topological polar surface area (TPSA) is 222 Å². The zero-order valence-electron chi connectivity index (χ0n) is 17.2. The van der Waals surface area contributed by atoms with Gasteiger partial charge in [0.1, 0.15) is 48.8 Å². The molecule has 0 aromatic heterocycles. The number of nitro benzene ring substituents is 1. The molecule has 186 valence electrons. The monoisotopic (exact) mass is 477 g/mol. The molecule has 0 bridgehead atoms. The van der Waals surface area contributed by atoms with E-state index in [1.807, 2.05) is 0 Å². The molecule has 0 unspecified atom stereocenters. The van der Waals surface area contributed by atoms with E-state index >= 15 is 0 Å². The Morgan fingerprint density at radius 2 is 1.30 bits per heavy atom. The van der Waals surface area contributed by atoms with Crippen LogP contribution in [0.3, 0.4) is 0 Å². The first-order valence-corrected chi connectivity index (χ1v) is 10.1. The number of aliphatic hydroxyl groups excluding tert-OH is 7. The van der Waals surface area contributed by atoms with E-state index in [9.17, 15) is 45.9 Å². The first-order valence-electron chi connectivity index (χ1n) is 10.1. The zero-order chi connectivity index (χ0) is 24.3. The van der Waals surface area contributed by atoms with Crippen LogP contribution in [0.5, 0.6) is 0 Å². The Labute approximate surface area is 187 Å². The van der Waals surface area contributed by atoms with Crippen molar-refractivity contribution in [3.8, 4) is 0 Å². The number of hydrogen-bond acceptors (Lipinski definition) is 13. The van der Waals surface area contributed by atoms with Crippen molar-refractivity contribution < 1.29 is 59.6 Å². The lowest BCUT2D eigenvalue weighted by Crippen LogP contribution is -2.61. The minimum Gasteiger partial charge on any atom is -0.394 e. The summed E-state index contributed by atoms with van der Waals surface area (Å²) in [5.74, 6) is 0. The number of rotatable bonds is 8. The van der Waals surface area contributed by atoms with Crippen LogP contribution in [0, 0.1) is 10.1 Å². The molecule has 14 nitrogen and oxygen atoms in total. The summed E-state index contributed by atoms with van der Waals surface area (Å²) in [6, 6.07) is 5.43. The van der Waals surface area contributed by atoms with Gasteiger partial charge in [-0.1, -0.05) is 0 Å². The van der Waals surface area contributed by atoms with Crippen LogP contribution in [0.1, 0.15) is 5.56 Å². The summed E-state index contributed by atoms with van der Waals surface area (Å²) in [6.45, 7) is -1.27. The van der Waals surface area contributed by atoms with Gasteiger partial charge in [-0.2, -0.15) is 0 Å². The van der Waals surface area contributed by atoms with Crippen LogP contribution >= 0.6 is 0 Å². The molecule has 2 aliphatic heterocycles. The van der Waals surface area contributed by atoms with Crippen molar-refractivity contribution in [1.82, 2.24) is 0 Å². The molecule has 10 atom stereocenters. The minimum atomic E-state index is -1.68. The van der Waals surface area contributed by atoms with E-state index in [0.29, 0.717) is 5.56 Å². The molecular weight excluding hydrogens is 450 g/mol. The summed E-state index contributed by atoms with van der Waals surface area (Å²) >= 11 is 0. The fourth-order valence-electron chi connectivity index (χ4n) is 3.48. The summed E-state index contributed by atoms with van der Waals surface area (Å²) < 4.78 is 21.5. The summed E-state index contributed by atoms with van der Waals surface area (Å²) in [4.78, 5) is 10.2. The third kappa shape index (κ3) is 5.82. The molecule has 7 N–H and O–H groups in total. The second-order valence-electron chi connectivity index (χ2n) is 7.78. The van der Waals surface area contributed by atoms with Crippen molar-refractivity contribution in [2.75, 3.05) is 13.2 Å². The van der Waals surface area contributed by atoms with Gasteiger partial charge in [-0.05, 0) is 17.7 Å². The van der Waals surface area contributed by atoms with E-state index in [-0.39, 0.29) is 12.3 Å². The normalized spacial score (nSPS) is 39.4. The lowest BCUT2D eigenvalue weighted by Gasteiger charge is -2.42. The van der Waals surface area contributed by atoms with Gasteiger partial charge >= 0.3 is 0 Å². The van der Waals surface area contributed by atoms with E-state index in [4.69, 9.17) is 18.9 Å². The van der Waals surface area contributed by atoms with Crippen LogP contribution < -0.4 is 0 Å². The largest absolute Gasteiger partial charge is 0.394 e. The highest BCUT2D eigenvalue weighted by Crippen LogP contribution is 2.26. The highest BCUT2D eigenvalue weighted by Gasteiger charge is 2.47. The van der Waals surface area contributed by atoms with Gasteiger partial charge < -0.3 is 54.7 Å². The maximum Gasteiger partial charge on any atom is 0.269 e. The number of benzene rings is 1. The molecule has 2 saturated heterocycles. The Morgan fingerprint density at radius 3 is 1.85 bits per heavy atom. The minimum absolute atomic E-state index is 0.114. The summed E-state index contributed by atoms with van der Waals surface area (Å²) in [6.07, 6.45) is -15.2. The predicted octanol–water partition coefficient (Wildman–Crippen LogP) is -3.26. The quantitative estimate of drug-likeness (QED) is 0.144. The van der Waals surface area contributed by atoms with Gasteiger partial charge in [0.25, 0.3) is 5.69 Å². The molecule has 0 spiro atoms. The van der Waals surface area contributed by atoms with Crippen molar-refractivity contribution in [3.05, 3.63) is 39.9 Å². The van der Waals surface area contributed by atoms with Gasteiger partial charge in [0, 0.05) is 12.1 Å². The summed E-state index contributed by atoms with van der Waals surface area (Å²) in [5, 5.41) is 80.1. The van der Waals surface area contributed by atoms with E-state index < -0.39 is 79.5 Å². The Hall–Kier alpha value is -1.82. The average molecular weight is 477 g/mol. The SMILES string of the molecule is O=[N+]([O-])c1ccc(CO[C@@H]2O[C@H](CO[C@@H]3O[C@H](CO)[C@@H](O)[C@H](O)[C@H]3O)[C@@H](O)[C@H](O)[C@H]2O)cc1. The molecule has 2 aliphatic rings. The van der Waals surface area contributed by atoms with Crippen LogP contribution in [0.25, 0.3) is 0 Å². The van der Waals surface area contributed by atoms with Crippen molar-refractivity contribution in [2.45, 2.75) is 68.0 Å². The molecule has 0 saturated carbocycles. The Balaban J connectivity index is 1.59. The molecule has 33 heavy (non-hydrogen) atoms. The van der Waals surface area contributed by atoms with Crippen LogP contribution in [0.4, 0.5) is 5.69 Å². The van der Waals surface area contributed by atoms with E-state index in [0.717, 1.165) is 0 Å². The molecule has 0 radical (unpaired) electrons. The lowest BCUT2D eigenvalue weighted by molar-refractivity contribution is -0.384. The fraction of sp³-hybridized carbons (Fsp3) is 0.684. The van der Waals surface area contributed by atoms with Crippen LogP contribution in [-0.4, -0.2) is 115 Å². The van der Waals surface area contributed by atoms with Crippen molar-refractivity contribution in [1.29, 1.82) is 0 Å². The summed E-state index contributed by atoms with van der Waals surface area (Å²) in [5.41, 5.74) is 0.405. The molecule has 1 aromatic rings. The highest BCUT2D eigenvalue weighted by atomic mass is 16.7. The predicted molar refractivity (Wildman–Crippen MR) is 104 cm³/mol. The van der Waals surface area contributed by atoms with Gasteiger partial charge in [-0.25, -0.2) is 0 Å². The van der Waals surface area contributed by atoms with Gasteiger partial charge in [0.15, 0.2) is 12.6 Å². The van der Waals surface area contributed by atoms with Crippen molar-refractivity contribution in [3.63, 3.8) is 0 Å². The molecule has 3 rings (SSSR count). The van der Waals surface area contributed by atoms with Gasteiger partial charge in [0.2, 0.25) is 0 Å². The number of ether oxygens (including phenoxy) is 4. The molecule has 2 heterocycles. The fourth-order valence-corrected chi connectivity index (χ4v) is 3.48. The Kier molecular flexibility index (Phi) is 8.65. The molecule has 2 fully saturated rings. The number of nitro groups is 1. The molecule has 1 aromatic carbocycles. The summed E-state index contributed by atoms with van der Waals surface area (Å²) in [7, 11) is 0. The van der Waals surface area contributed by atoms with Gasteiger partial charge in [-0.3, -0.25) is 10.1 Å². The lowest BCUT2D eigenvalue weighted by atomic mass is 9.98. The van der Waals surface area contributed by atoms with Crippen LogP contribution in [0.2, 0.25) is 0 Å². The molecule has 0 amide bonds. The molecule has 0 aliphatic carbocycles. The van der Waals surface area contributed by atoms with E-state index in [1.165, 1.54) is 24.3 Å². The van der Waals surface area contributed by atoms with Crippen molar-refractivity contribution in [2.24, 2.45) is 0 Å². The second-order valence-corrected chi connectivity index (χ2v) is 7.78. The first kappa shape index (κ1) is 25.8. The van der Waals surface area contributed by atoms with E-state index in [1.54, 1.807) is 0 Å². The first-order chi connectivity index (χ1) is 15.6. The number of hydrogen-bond donors (Lipinski definition) is 7. The van der Waals surface area contributed by atoms with Crippen LogP contribution in [-0.2, 0) is 25.6 Å². The van der Waals surface area contributed by atoms with Gasteiger partial charge in [-0.15, -0.1) is 0 Å². The Bertz CT molecular complexity index is 777. The zero-order valence-corrected chi connectivity index (χ0v) is 17.2.